The summed E-state index contributed by atoms with van der Waals surface area (Å²) in [6.45, 7) is 9.15. The molecule has 2 rings (SSSR count). The Labute approximate surface area is 103 Å². The van der Waals surface area contributed by atoms with Crippen LogP contribution in [0.15, 0.2) is 0 Å². The Morgan fingerprint density at radius 1 is 1.41 bits per heavy atom. The topological polar surface area (TPSA) is 52.6 Å². The van der Waals surface area contributed by atoms with E-state index in [9.17, 15) is 9.90 Å². The number of nitrogens with zero attached hydrogens (tertiary/aromatic N) is 1. The van der Waals surface area contributed by atoms with E-state index in [0.717, 1.165) is 12.8 Å². The standard InChI is InChI=1S/C13H24N2O2/c1-9(11(16)14-12(2,3)4)15-7-13(17,8-15)10-5-6-10/h9-10,17H,5-8H2,1-4H3,(H,14,16). The van der Waals surface area contributed by atoms with E-state index in [1.807, 2.05) is 27.7 Å². The minimum Gasteiger partial charge on any atom is -0.387 e. The molecule has 0 bridgehead atoms. The zero-order valence-corrected chi connectivity index (χ0v) is 11.3. The molecule has 2 fully saturated rings. The van der Waals surface area contributed by atoms with E-state index in [4.69, 9.17) is 0 Å². The summed E-state index contributed by atoms with van der Waals surface area (Å²) in [7, 11) is 0. The summed E-state index contributed by atoms with van der Waals surface area (Å²) in [5.74, 6) is 0.534. The molecule has 0 aromatic rings. The second-order valence-electron chi connectivity index (χ2n) is 6.70. The molecule has 0 radical (unpaired) electrons. The van der Waals surface area contributed by atoms with E-state index in [1.54, 1.807) is 0 Å². The predicted molar refractivity (Wildman–Crippen MR) is 66.6 cm³/mol. The Hall–Kier alpha value is -0.610. The summed E-state index contributed by atoms with van der Waals surface area (Å²) in [5.41, 5.74) is -0.695. The first-order valence-corrected chi connectivity index (χ1v) is 6.50. The summed E-state index contributed by atoms with van der Waals surface area (Å²) in [6.07, 6.45) is 2.29. The number of aliphatic hydroxyl groups is 1. The molecule has 1 atom stereocenters. The van der Waals surface area contributed by atoms with Crippen molar-refractivity contribution in [2.75, 3.05) is 13.1 Å². The maximum atomic E-state index is 12.0. The van der Waals surface area contributed by atoms with Crippen molar-refractivity contribution in [3.63, 3.8) is 0 Å². The molecular weight excluding hydrogens is 216 g/mol. The van der Waals surface area contributed by atoms with Crippen LogP contribution in [-0.2, 0) is 4.79 Å². The van der Waals surface area contributed by atoms with Crippen LogP contribution in [0.3, 0.4) is 0 Å². The second kappa shape index (κ2) is 3.95. The van der Waals surface area contributed by atoms with E-state index in [1.165, 1.54) is 0 Å². The first kappa shape index (κ1) is 12.8. The molecule has 0 spiro atoms. The fourth-order valence-electron chi connectivity index (χ4n) is 2.45. The molecule has 1 amide bonds. The van der Waals surface area contributed by atoms with Crippen LogP contribution < -0.4 is 5.32 Å². The summed E-state index contributed by atoms with van der Waals surface area (Å²) < 4.78 is 0. The Morgan fingerprint density at radius 2 is 1.94 bits per heavy atom. The molecule has 2 N–H and O–H groups in total. The number of amides is 1. The molecule has 17 heavy (non-hydrogen) atoms. The Balaban J connectivity index is 1.82. The number of β-amino-alcohol motifs (C(OH)–C–C–N with tert-alkyl or cyclic N) is 1. The monoisotopic (exact) mass is 240 g/mol. The molecule has 98 valence electrons. The lowest BCUT2D eigenvalue weighted by Crippen LogP contribution is -2.68. The van der Waals surface area contributed by atoms with E-state index < -0.39 is 5.60 Å². The van der Waals surface area contributed by atoms with Crippen LogP contribution >= 0.6 is 0 Å². The zero-order chi connectivity index (χ0) is 12.8. The molecule has 1 aliphatic heterocycles. The number of likely N-dealkylation sites (tertiary alicyclic amines) is 1. The maximum Gasteiger partial charge on any atom is 0.237 e. The van der Waals surface area contributed by atoms with Gasteiger partial charge in [0.15, 0.2) is 0 Å². The van der Waals surface area contributed by atoms with Gasteiger partial charge in [-0.25, -0.2) is 0 Å². The Bertz CT molecular complexity index is 312. The SMILES string of the molecule is CC(C(=O)NC(C)(C)C)N1CC(O)(C2CC2)C1. The van der Waals surface area contributed by atoms with Gasteiger partial charge in [0, 0.05) is 18.6 Å². The average Bonchev–Trinajstić information content (AvgIpc) is 2.91. The van der Waals surface area contributed by atoms with Crippen molar-refractivity contribution in [2.24, 2.45) is 5.92 Å². The molecule has 0 aromatic heterocycles. The number of nitrogens with one attached hydrogen (secondary N) is 1. The van der Waals surface area contributed by atoms with Gasteiger partial charge < -0.3 is 10.4 Å². The first-order chi connectivity index (χ1) is 7.71. The van der Waals surface area contributed by atoms with E-state index in [0.29, 0.717) is 19.0 Å². The second-order valence-corrected chi connectivity index (χ2v) is 6.70. The molecule has 2 aliphatic rings. The largest absolute Gasteiger partial charge is 0.387 e. The third-order valence-corrected chi connectivity index (χ3v) is 3.72. The van der Waals surface area contributed by atoms with Gasteiger partial charge in [0.05, 0.1) is 11.6 Å². The van der Waals surface area contributed by atoms with Crippen LogP contribution in [0.1, 0.15) is 40.5 Å². The highest BCUT2D eigenvalue weighted by atomic mass is 16.3. The highest BCUT2D eigenvalue weighted by Gasteiger charge is 2.53. The van der Waals surface area contributed by atoms with Crippen LogP contribution in [0.5, 0.6) is 0 Å². The van der Waals surface area contributed by atoms with Crippen LogP contribution in [-0.4, -0.2) is 46.2 Å². The number of rotatable bonds is 3. The van der Waals surface area contributed by atoms with Gasteiger partial charge in [0.2, 0.25) is 5.91 Å². The van der Waals surface area contributed by atoms with Gasteiger partial charge in [-0.1, -0.05) is 0 Å². The number of carbonyl (C=O) groups is 1. The van der Waals surface area contributed by atoms with Crippen molar-refractivity contribution in [2.45, 2.75) is 57.7 Å². The Kier molecular flexibility index (Phi) is 2.99. The summed E-state index contributed by atoms with van der Waals surface area (Å²) in [5, 5.41) is 13.2. The molecule has 4 nitrogen and oxygen atoms in total. The fourth-order valence-corrected chi connectivity index (χ4v) is 2.45. The fraction of sp³-hybridized carbons (Fsp3) is 0.923. The van der Waals surface area contributed by atoms with Crippen molar-refractivity contribution < 1.29 is 9.90 Å². The molecule has 0 aromatic carbocycles. The first-order valence-electron chi connectivity index (χ1n) is 6.50. The van der Waals surface area contributed by atoms with Crippen LogP contribution in [0, 0.1) is 5.92 Å². The van der Waals surface area contributed by atoms with Gasteiger partial charge in [-0.15, -0.1) is 0 Å². The van der Waals surface area contributed by atoms with Crippen molar-refractivity contribution in [3.05, 3.63) is 0 Å². The predicted octanol–water partition coefficient (Wildman–Crippen LogP) is 0.746. The minimum atomic E-state index is -0.504. The quantitative estimate of drug-likeness (QED) is 0.765. The summed E-state index contributed by atoms with van der Waals surface area (Å²) in [4.78, 5) is 14.0. The number of hydrogen-bond acceptors (Lipinski definition) is 3. The lowest BCUT2D eigenvalue weighted by molar-refractivity contribution is -0.148. The highest BCUT2D eigenvalue weighted by Crippen LogP contribution is 2.44. The third-order valence-electron chi connectivity index (χ3n) is 3.72. The van der Waals surface area contributed by atoms with Gasteiger partial charge >= 0.3 is 0 Å². The molecule has 1 saturated carbocycles. The molecule has 1 aliphatic carbocycles. The highest BCUT2D eigenvalue weighted by molar-refractivity contribution is 5.82. The van der Waals surface area contributed by atoms with Gasteiger partial charge in [-0.05, 0) is 46.5 Å². The van der Waals surface area contributed by atoms with Crippen molar-refractivity contribution in [3.8, 4) is 0 Å². The molecular formula is C13H24N2O2. The van der Waals surface area contributed by atoms with Crippen molar-refractivity contribution in [1.82, 2.24) is 10.2 Å². The number of hydrogen-bond donors (Lipinski definition) is 2. The van der Waals surface area contributed by atoms with Crippen molar-refractivity contribution in [1.29, 1.82) is 0 Å². The minimum absolute atomic E-state index is 0.0512. The molecule has 4 heteroatoms. The van der Waals surface area contributed by atoms with E-state index in [-0.39, 0.29) is 17.5 Å². The maximum absolute atomic E-state index is 12.0. The van der Waals surface area contributed by atoms with Gasteiger partial charge in [0.1, 0.15) is 0 Å². The van der Waals surface area contributed by atoms with Crippen LogP contribution in [0.4, 0.5) is 0 Å². The van der Waals surface area contributed by atoms with E-state index >= 15 is 0 Å². The Morgan fingerprint density at radius 3 is 2.35 bits per heavy atom. The summed E-state index contributed by atoms with van der Waals surface area (Å²) in [6, 6.07) is -0.145. The van der Waals surface area contributed by atoms with Gasteiger partial charge in [0.25, 0.3) is 0 Å². The molecule has 1 saturated heterocycles. The lowest BCUT2D eigenvalue weighted by Gasteiger charge is -2.49. The average molecular weight is 240 g/mol. The van der Waals surface area contributed by atoms with Crippen LogP contribution in [0.25, 0.3) is 0 Å². The van der Waals surface area contributed by atoms with Crippen molar-refractivity contribution >= 4 is 5.91 Å². The lowest BCUT2D eigenvalue weighted by atomic mass is 9.87. The summed E-state index contributed by atoms with van der Waals surface area (Å²) >= 11 is 0. The van der Waals surface area contributed by atoms with Gasteiger partial charge in [-0.3, -0.25) is 9.69 Å². The molecule has 1 heterocycles. The smallest absolute Gasteiger partial charge is 0.237 e. The normalized spacial score (nSPS) is 26.2. The van der Waals surface area contributed by atoms with Crippen LogP contribution in [0.2, 0.25) is 0 Å². The number of carbonyl (C=O) groups excluding carboxylic acids is 1. The molecule has 1 unspecified atom stereocenters. The zero-order valence-electron chi connectivity index (χ0n) is 11.3. The van der Waals surface area contributed by atoms with Gasteiger partial charge in [-0.2, -0.15) is 0 Å². The van der Waals surface area contributed by atoms with E-state index in [2.05, 4.69) is 10.2 Å². The third kappa shape index (κ3) is 2.80.